The first-order chi connectivity index (χ1) is 12.9. The van der Waals surface area contributed by atoms with E-state index in [1.54, 1.807) is 0 Å². The molecule has 0 aromatic rings. The van der Waals surface area contributed by atoms with Gasteiger partial charge in [0.25, 0.3) is 0 Å². The number of hydrogen-bond acceptors (Lipinski definition) is 2. The number of rotatable bonds is 5. The van der Waals surface area contributed by atoms with E-state index < -0.39 is 6.17 Å². The van der Waals surface area contributed by atoms with Gasteiger partial charge in [-0.25, -0.2) is 4.39 Å². The number of halogens is 1. The van der Waals surface area contributed by atoms with E-state index in [-0.39, 0.29) is 0 Å². The van der Waals surface area contributed by atoms with Gasteiger partial charge in [0.2, 0.25) is 0 Å². The minimum absolute atomic E-state index is 0.520. The Bertz CT molecular complexity index is 389. The molecule has 2 aliphatic heterocycles. The van der Waals surface area contributed by atoms with Crippen molar-refractivity contribution < 1.29 is 4.39 Å². The van der Waals surface area contributed by atoms with Crippen LogP contribution in [0, 0.1) is 10.8 Å². The topological polar surface area (TPSA) is 6.48 Å². The molecule has 4 aliphatic rings. The van der Waals surface area contributed by atoms with Crippen molar-refractivity contribution in [3.8, 4) is 0 Å². The van der Waals surface area contributed by atoms with Crippen LogP contribution >= 0.6 is 0 Å². The second-order valence-electron chi connectivity index (χ2n) is 10.2. The van der Waals surface area contributed by atoms with Crippen LogP contribution in [0.25, 0.3) is 0 Å². The van der Waals surface area contributed by atoms with Crippen LogP contribution in [0.1, 0.15) is 98.3 Å². The zero-order chi connectivity index (χ0) is 19.8. The number of piperidine rings is 2. The van der Waals surface area contributed by atoms with Gasteiger partial charge in [-0.1, -0.05) is 40.5 Å². The van der Waals surface area contributed by atoms with Crippen molar-refractivity contribution in [1.29, 1.82) is 0 Å². The molecule has 160 valence electrons. The van der Waals surface area contributed by atoms with Crippen LogP contribution in [-0.4, -0.2) is 55.2 Å². The van der Waals surface area contributed by atoms with Gasteiger partial charge in [0.05, 0.1) is 0 Å². The molecule has 0 atom stereocenters. The molecular weight excluding hydrogens is 335 g/mol. The molecule has 0 aromatic carbocycles. The third-order valence-corrected chi connectivity index (χ3v) is 6.94. The van der Waals surface area contributed by atoms with Gasteiger partial charge in [-0.3, -0.25) is 0 Å². The minimum Gasteiger partial charge on any atom is -0.303 e. The van der Waals surface area contributed by atoms with E-state index in [1.165, 1.54) is 84.0 Å². The molecule has 27 heavy (non-hydrogen) atoms. The Morgan fingerprint density at radius 2 is 1.30 bits per heavy atom. The van der Waals surface area contributed by atoms with Gasteiger partial charge in [0.15, 0.2) is 0 Å². The molecule has 4 rings (SSSR count). The molecule has 2 heterocycles. The molecule has 3 heteroatoms. The molecule has 2 saturated heterocycles. The molecule has 0 spiro atoms. The lowest BCUT2D eigenvalue weighted by atomic mass is 10.0. The Morgan fingerprint density at radius 3 is 1.74 bits per heavy atom. The van der Waals surface area contributed by atoms with E-state index in [1.807, 2.05) is 0 Å². The Hall–Kier alpha value is -0.150. The summed E-state index contributed by atoms with van der Waals surface area (Å²) in [5.41, 5.74) is 1.38. The first-order valence-corrected chi connectivity index (χ1v) is 12.0. The lowest BCUT2D eigenvalue weighted by Crippen LogP contribution is -2.37. The molecule has 2 saturated carbocycles. The summed E-state index contributed by atoms with van der Waals surface area (Å²) in [4.78, 5) is 5.13. The normalized spacial score (nSPS) is 27.0. The summed E-state index contributed by atoms with van der Waals surface area (Å²) < 4.78 is 12.8. The molecule has 4 fully saturated rings. The zero-order valence-corrected chi connectivity index (χ0v) is 18.9. The van der Waals surface area contributed by atoms with Crippen LogP contribution in [0.3, 0.4) is 0 Å². The Labute approximate surface area is 169 Å². The average Bonchev–Trinajstić information content (AvgIpc) is 3.59. The fraction of sp³-hybridized carbons (Fsp3) is 1.00. The minimum atomic E-state index is -0.520. The van der Waals surface area contributed by atoms with Crippen LogP contribution in [0.15, 0.2) is 0 Å². The van der Waals surface area contributed by atoms with Crippen LogP contribution in [-0.2, 0) is 0 Å². The molecule has 0 amide bonds. The first kappa shape index (κ1) is 23.1. The maximum Gasteiger partial charge on any atom is 0.103 e. The van der Waals surface area contributed by atoms with Crippen LogP contribution in [0.5, 0.6) is 0 Å². The highest BCUT2D eigenvalue weighted by molar-refractivity contribution is 4.94. The van der Waals surface area contributed by atoms with E-state index in [0.717, 1.165) is 31.3 Å². The number of alkyl halides is 1. The van der Waals surface area contributed by atoms with Gasteiger partial charge in [-0.15, -0.1) is 0 Å². The van der Waals surface area contributed by atoms with E-state index in [4.69, 9.17) is 0 Å². The monoisotopic (exact) mass is 382 g/mol. The highest BCUT2D eigenvalue weighted by Gasteiger charge is 2.42. The molecule has 0 radical (unpaired) electrons. The summed E-state index contributed by atoms with van der Waals surface area (Å²) in [7, 11) is 0. The van der Waals surface area contributed by atoms with Crippen LogP contribution < -0.4 is 0 Å². The predicted octanol–water partition coefficient (Wildman–Crippen LogP) is 6.30. The fourth-order valence-electron chi connectivity index (χ4n) is 4.36. The van der Waals surface area contributed by atoms with Crippen molar-refractivity contribution >= 4 is 0 Å². The molecule has 0 unspecified atom stereocenters. The summed E-state index contributed by atoms with van der Waals surface area (Å²) >= 11 is 0. The van der Waals surface area contributed by atoms with Crippen LogP contribution in [0.4, 0.5) is 4.39 Å². The molecular formula is C24H47FN2. The molecule has 0 aromatic heterocycles. The Kier molecular flexibility index (Phi) is 9.55. The van der Waals surface area contributed by atoms with E-state index in [2.05, 4.69) is 37.5 Å². The SMILES string of the molecule is CC1(CN2CCC(F)CC2)CC1.CCC.CCC1(CN2CCCCC2)CC1. The third kappa shape index (κ3) is 8.81. The molecule has 0 N–H and O–H groups in total. The van der Waals surface area contributed by atoms with Gasteiger partial charge < -0.3 is 9.80 Å². The first-order valence-electron chi connectivity index (χ1n) is 12.0. The van der Waals surface area contributed by atoms with Crippen molar-refractivity contribution in [2.75, 3.05) is 39.3 Å². The Morgan fingerprint density at radius 1 is 0.778 bits per heavy atom. The quantitative estimate of drug-likeness (QED) is 0.550. The highest BCUT2D eigenvalue weighted by Crippen LogP contribution is 2.49. The van der Waals surface area contributed by atoms with Gasteiger partial charge in [0, 0.05) is 26.2 Å². The van der Waals surface area contributed by atoms with Gasteiger partial charge in [0.1, 0.15) is 6.17 Å². The summed E-state index contributed by atoms with van der Waals surface area (Å²) in [6, 6.07) is 0. The lowest BCUT2D eigenvalue weighted by molar-refractivity contribution is 0.132. The number of nitrogens with zero attached hydrogens (tertiary/aromatic N) is 2. The van der Waals surface area contributed by atoms with Gasteiger partial charge in [-0.05, 0) is 81.7 Å². The Balaban J connectivity index is 0.000000170. The zero-order valence-electron chi connectivity index (χ0n) is 18.9. The van der Waals surface area contributed by atoms with Crippen molar-refractivity contribution in [2.24, 2.45) is 10.8 Å². The summed E-state index contributed by atoms with van der Waals surface area (Å²) in [6.45, 7) is 16.3. The standard InChI is InChI=1S/C11H21N.C10H18FN.C3H8/c1-2-11(6-7-11)10-12-8-4-3-5-9-12;1-10(4-5-10)8-12-6-2-9(11)3-7-12;1-3-2/h2-10H2,1H3;9H,2-8H2,1H3;3H2,1-2H3. The van der Waals surface area contributed by atoms with Gasteiger partial charge in [-0.2, -0.15) is 0 Å². The maximum atomic E-state index is 12.8. The summed E-state index contributed by atoms with van der Waals surface area (Å²) in [6.07, 6.45) is 13.8. The van der Waals surface area contributed by atoms with Crippen molar-refractivity contribution in [1.82, 2.24) is 9.80 Å². The predicted molar refractivity (Wildman–Crippen MR) is 116 cm³/mol. The van der Waals surface area contributed by atoms with E-state index in [9.17, 15) is 4.39 Å². The second-order valence-corrected chi connectivity index (χ2v) is 10.2. The van der Waals surface area contributed by atoms with E-state index >= 15 is 0 Å². The number of likely N-dealkylation sites (tertiary alicyclic amines) is 2. The molecule has 2 nitrogen and oxygen atoms in total. The smallest absolute Gasteiger partial charge is 0.103 e. The van der Waals surface area contributed by atoms with Crippen molar-refractivity contribution in [3.63, 3.8) is 0 Å². The lowest BCUT2D eigenvalue weighted by Gasteiger charge is -2.30. The summed E-state index contributed by atoms with van der Waals surface area (Å²) in [5.74, 6) is 0. The molecule has 2 aliphatic carbocycles. The summed E-state index contributed by atoms with van der Waals surface area (Å²) in [5, 5.41) is 0. The van der Waals surface area contributed by atoms with E-state index in [0.29, 0.717) is 5.41 Å². The van der Waals surface area contributed by atoms with Gasteiger partial charge >= 0.3 is 0 Å². The third-order valence-electron chi connectivity index (χ3n) is 6.94. The fourth-order valence-corrected chi connectivity index (χ4v) is 4.36. The molecule has 0 bridgehead atoms. The van der Waals surface area contributed by atoms with Crippen molar-refractivity contribution in [2.45, 2.75) is 104 Å². The number of hydrogen-bond donors (Lipinski definition) is 0. The second kappa shape index (κ2) is 11.1. The average molecular weight is 383 g/mol. The highest BCUT2D eigenvalue weighted by atomic mass is 19.1. The van der Waals surface area contributed by atoms with Crippen molar-refractivity contribution in [3.05, 3.63) is 0 Å². The van der Waals surface area contributed by atoms with Crippen LogP contribution in [0.2, 0.25) is 0 Å². The largest absolute Gasteiger partial charge is 0.303 e. The maximum absolute atomic E-state index is 12.8.